The molecule has 0 spiro atoms. The van der Waals surface area contributed by atoms with Crippen LogP contribution in [0, 0.1) is 16.2 Å². The van der Waals surface area contributed by atoms with Gasteiger partial charge in [0.25, 0.3) is 0 Å². The van der Waals surface area contributed by atoms with Gasteiger partial charge in [0.05, 0.1) is 53.6 Å². The molecule has 0 radical (unpaired) electrons. The number of aryl methyl sites for hydroxylation is 1. The molecule has 0 saturated carbocycles. The highest BCUT2D eigenvalue weighted by Crippen LogP contribution is 2.48. The molecule has 0 heterocycles. The Balaban J connectivity index is 3.37. The van der Waals surface area contributed by atoms with Crippen molar-refractivity contribution in [2.75, 3.05) is 73.0 Å². The van der Waals surface area contributed by atoms with Crippen LogP contribution in [0.3, 0.4) is 0 Å². The van der Waals surface area contributed by atoms with Gasteiger partial charge in [-0.2, -0.15) is 0 Å². The fraction of sp³-hybridized carbons (Fsp3) is 0.750. The Morgan fingerprint density at radius 2 is 1.37 bits per heavy atom. The molecule has 282 valence electrons. The van der Waals surface area contributed by atoms with Crippen LogP contribution in [-0.2, 0) is 49.9 Å². The van der Waals surface area contributed by atoms with Gasteiger partial charge < -0.3 is 33.7 Å². The van der Waals surface area contributed by atoms with Crippen LogP contribution in [0.5, 0.6) is 0 Å². The molecule has 0 fully saturated rings. The third kappa shape index (κ3) is 15.1. The number of carbonyl (C=O) groups excluding carboxylic acids is 3. The number of quaternary nitrogens is 1. The van der Waals surface area contributed by atoms with E-state index < -0.39 is 50.0 Å². The molecule has 12 nitrogen and oxygen atoms in total. The Labute approximate surface area is 294 Å². The normalized spacial score (nSPS) is 16.5. The van der Waals surface area contributed by atoms with Crippen molar-refractivity contribution >= 4 is 28.0 Å². The van der Waals surface area contributed by atoms with Crippen LogP contribution < -0.4 is 5.73 Å². The summed E-state index contributed by atoms with van der Waals surface area (Å²) in [6, 6.07) is 8.27. The first kappa shape index (κ1) is 44.4. The fourth-order valence-corrected chi connectivity index (χ4v) is 6.92. The summed E-state index contributed by atoms with van der Waals surface area (Å²) in [4.78, 5) is 41.4. The molecular weight excluding hydrogens is 652 g/mol. The predicted octanol–water partition coefficient (Wildman–Crippen LogP) is 4.20. The smallest absolute Gasteiger partial charge is 0.312 e. The van der Waals surface area contributed by atoms with Crippen LogP contribution in [0.4, 0.5) is 0 Å². The van der Waals surface area contributed by atoms with Crippen molar-refractivity contribution in [3.63, 3.8) is 0 Å². The molecule has 4 unspecified atom stereocenters. The van der Waals surface area contributed by atoms with E-state index in [1.54, 1.807) is 20.8 Å². The molecule has 0 bridgehead atoms. The topological polar surface area (TPSA) is 171 Å². The maximum atomic E-state index is 13.9. The van der Waals surface area contributed by atoms with E-state index in [0.29, 0.717) is 30.4 Å². The van der Waals surface area contributed by atoms with E-state index >= 15 is 0 Å². The van der Waals surface area contributed by atoms with E-state index in [9.17, 15) is 27.4 Å². The zero-order chi connectivity index (χ0) is 37.5. The zero-order valence-corrected chi connectivity index (χ0v) is 32.1. The Hall–Kier alpha value is -2.58. The van der Waals surface area contributed by atoms with Gasteiger partial charge in [0.2, 0.25) is 0 Å². The van der Waals surface area contributed by atoms with Gasteiger partial charge in [0.15, 0.2) is 0 Å². The van der Waals surface area contributed by atoms with Gasteiger partial charge in [0.1, 0.15) is 26.4 Å². The van der Waals surface area contributed by atoms with Crippen molar-refractivity contribution in [1.29, 1.82) is 0 Å². The van der Waals surface area contributed by atoms with E-state index in [1.807, 2.05) is 27.9 Å². The Morgan fingerprint density at radius 3 is 1.90 bits per heavy atom. The average molecular weight is 715 g/mol. The van der Waals surface area contributed by atoms with Gasteiger partial charge >= 0.3 is 17.9 Å². The summed E-state index contributed by atoms with van der Waals surface area (Å²) in [7, 11) is 0.936. The minimum absolute atomic E-state index is 0.0163. The van der Waals surface area contributed by atoms with Crippen molar-refractivity contribution in [3.05, 3.63) is 35.4 Å². The molecule has 0 aliphatic rings. The predicted molar refractivity (Wildman–Crippen MR) is 188 cm³/mol. The summed E-state index contributed by atoms with van der Waals surface area (Å²) in [6.07, 6.45) is 1.91. The minimum atomic E-state index is -4.31. The number of rotatable bonds is 24. The molecule has 0 aromatic heterocycles. The van der Waals surface area contributed by atoms with Crippen molar-refractivity contribution in [3.8, 4) is 0 Å². The molecule has 49 heavy (non-hydrogen) atoms. The molecule has 1 aromatic carbocycles. The third-order valence-corrected chi connectivity index (χ3v) is 10.3. The largest absolute Gasteiger partial charge is 0.748 e. The molecule has 1 rings (SSSR count). The molecule has 13 heteroatoms. The second-order valence-corrected chi connectivity index (χ2v) is 16.3. The number of esters is 3. The second-order valence-electron chi connectivity index (χ2n) is 14.8. The van der Waals surface area contributed by atoms with Gasteiger partial charge in [-0.1, -0.05) is 45.0 Å². The minimum Gasteiger partial charge on any atom is -0.748 e. The lowest BCUT2D eigenvalue weighted by Gasteiger charge is -2.41. The van der Waals surface area contributed by atoms with Crippen molar-refractivity contribution < 1.29 is 50.8 Å². The van der Waals surface area contributed by atoms with Gasteiger partial charge in [-0.3, -0.25) is 14.4 Å². The van der Waals surface area contributed by atoms with E-state index in [4.69, 9.17) is 24.7 Å². The maximum Gasteiger partial charge on any atom is 0.312 e. The molecule has 0 aliphatic carbocycles. The standard InChI is InChI=1S/C36H62N2O10S/c1-10-29-13-15-30(16-14-29)28(3)25-35(5,32(40)48-23-22-45-9)27-36(6,33(41)46-20-17-37)26-34(4,11-2)31(39)47-21-19-38(7,8)18-12-24-49(42,43)44/h13-16,28H,10-12,17-27,37H2,1-9H3. The lowest BCUT2D eigenvalue weighted by Crippen LogP contribution is -2.47. The van der Waals surface area contributed by atoms with Crippen LogP contribution in [0.25, 0.3) is 0 Å². The number of carbonyl (C=O) groups is 3. The van der Waals surface area contributed by atoms with Crippen molar-refractivity contribution in [1.82, 2.24) is 0 Å². The van der Waals surface area contributed by atoms with Crippen LogP contribution >= 0.6 is 0 Å². The highest BCUT2D eigenvalue weighted by atomic mass is 32.2. The van der Waals surface area contributed by atoms with Gasteiger partial charge in [0, 0.05) is 25.8 Å². The number of hydrogen-bond donors (Lipinski definition) is 1. The summed E-state index contributed by atoms with van der Waals surface area (Å²) in [5.74, 6) is -2.04. The monoisotopic (exact) mass is 714 g/mol. The number of ether oxygens (including phenoxy) is 4. The van der Waals surface area contributed by atoms with Gasteiger partial charge in [-0.05, 0) is 69.9 Å². The molecular formula is C36H62N2O10S. The number of benzene rings is 1. The summed E-state index contributed by atoms with van der Waals surface area (Å²) in [5.41, 5.74) is 4.36. The number of hydrogen-bond acceptors (Lipinski definition) is 11. The van der Waals surface area contributed by atoms with Crippen molar-refractivity contribution in [2.45, 2.75) is 86.0 Å². The summed E-state index contributed by atoms with van der Waals surface area (Å²) in [6.45, 7) is 12.5. The Kier molecular flexibility index (Phi) is 17.9. The molecule has 0 saturated heterocycles. The molecule has 4 atom stereocenters. The first-order chi connectivity index (χ1) is 22.7. The van der Waals surface area contributed by atoms with E-state index in [0.717, 1.165) is 12.0 Å². The van der Waals surface area contributed by atoms with Crippen LogP contribution in [0.1, 0.15) is 90.7 Å². The first-order valence-corrected chi connectivity index (χ1v) is 18.8. The van der Waals surface area contributed by atoms with E-state index in [-0.39, 0.29) is 58.2 Å². The Bertz CT molecular complexity index is 1300. The SMILES string of the molecule is CCc1ccc(C(C)CC(C)(CC(C)(CC(C)(CC)C(=O)OCC[N+](C)(C)CCCS(=O)(=O)[O-])C(=O)OCCN)C(=O)OCCOC)cc1. The lowest BCUT2D eigenvalue weighted by molar-refractivity contribution is -0.890. The second kappa shape index (κ2) is 19.7. The van der Waals surface area contributed by atoms with Crippen molar-refractivity contribution in [2.24, 2.45) is 22.0 Å². The number of nitrogens with two attached hydrogens (primary N) is 1. The van der Waals surface area contributed by atoms with Crippen LogP contribution in [-0.4, -0.2) is 108 Å². The molecule has 0 aliphatic heterocycles. The summed E-state index contributed by atoms with van der Waals surface area (Å²) >= 11 is 0. The summed E-state index contributed by atoms with van der Waals surface area (Å²) in [5, 5.41) is 0. The molecule has 2 N–H and O–H groups in total. The number of methoxy groups -OCH3 is 1. The lowest BCUT2D eigenvalue weighted by atomic mass is 9.62. The summed E-state index contributed by atoms with van der Waals surface area (Å²) < 4.78 is 55.5. The number of nitrogens with zero attached hydrogens (tertiary/aromatic N) is 1. The van der Waals surface area contributed by atoms with E-state index in [1.165, 1.54) is 12.7 Å². The van der Waals surface area contributed by atoms with Crippen LogP contribution in [0.15, 0.2) is 24.3 Å². The maximum absolute atomic E-state index is 13.9. The van der Waals surface area contributed by atoms with E-state index in [2.05, 4.69) is 31.2 Å². The quantitative estimate of drug-likeness (QED) is 0.0535. The highest BCUT2D eigenvalue weighted by molar-refractivity contribution is 7.85. The zero-order valence-electron chi connectivity index (χ0n) is 31.3. The Morgan fingerprint density at radius 1 is 0.837 bits per heavy atom. The fourth-order valence-electron chi connectivity index (χ4n) is 6.43. The first-order valence-electron chi connectivity index (χ1n) is 17.2. The third-order valence-electron chi connectivity index (χ3n) is 9.49. The molecule has 1 aromatic rings. The van der Waals surface area contributed by atoms with Gasteiger partial charge in [-0.25, -0.2) is 8.42 Å². The van der Waals surface area contributed by atoms with Crippen LogP contribution in [0.2, 0.25) is 0 Å². The van der Waals surface area contributed by atoms with Gasteiger partial charge in [-0.15, -0.1) is 0 Å². The number of likely N-dealkylation sites (N-methyl/N-ethyl adjacent to an activating group) is 1. The molecule has 0 amide bonds. The average Bonchev–Trinajstić information content (AvgIpc) is 3.02. The highest BCUT2D eigenvalue weighted by Gasteiger charge is 2.51.